The van der Waals surface area contributed by atoms with Gasteiger partial charge in [0.25, 0.3) is 0 Å². The van der Waals surface area contributed by atoms with E-state index in [1.807, 2.05) is 55.5 Å². The molecule has 0 unspecified atom stereocenters. The van der Waals surface area contributed by atoms with Crippen molar-refractivity contribution >= 4 is 23.4 Å². The first-order chi connectivity index (χ1) is 16.6. The molecule has 1 aliphatic rings. The molecule has 0 saturated carbocycles. The average Bonchev–Trinajstić information content (AvgIpc) is 2.89. The molecule has 1 saturated heterocycles. The number of benzene rings is 2. The molecule has 0 atom stereocenters. The zero-order valence-corrected chi connectivity index (χ0v) is 19.9. The second-order valence-electron chi connectivity index (χ2n) is 8.42. The lowest BCUT2D eigenvalue weighted by Crippen LogP contribution is -2.46. The first kappa shape index (κ1) is 23.5. The molecule has 1 N–H and O–H groups in total. The number of nitrogens with zero attached hydrogens (tertiary/aromatic N) is 3. The van der Waals surface area contributed by atoms with E-state index < -0.39 is 0 Å². The first-order valence-corrected chi connectivity index (χ1v) is 11.8. The largest absolute Gasteiger partial charge is 0.487 e. The van der Waals surface area contributed by atoms with Crippen LogP contribution in [-0.2, 0) is 11.4 Å². The summed E-state index contributed by atoms with van der Waals surface area (Å²) in [6.07, 6.45) is 5.11. The molecule has 2 aromatic carbocycles. The Labute approximate surface area is 201 Å². The Morgan fingerprint density at radius 1 is 1.06 bits per heavy atom. The van der Waals surface area contributed by atoms with Gasteiger partial charge >= 0.3 is 0 Å². The second kappa shape index (κ2) is 11.5. The molecule has 6 nitrogen and oxygen atoms in total. The molecule has 1 fully saturated rings. The molecule has 1 amide bonds. The Bertz CT molecular complexity index is 1110. The molecule has 3 aromatic rings. The van der Waals surface area contributed by atoms with E-state index in [0.29, 0.717) is 6.61 Å². The molecular formula is C28H32N4O2. The minimum absolute atomic E-state index is 0.150. The summed E-state index contributed by atoms with van der Waals surface area (Å²) in [5.74, 6) is 0.613. The number of rotatable bonds is 8. The van der Waals surface area contributed by atoms with Gasteiger partial charge in [-0.2, -0.15) is 0 Å². The molecular weight excluding hydrogens is 424 g/mol. The molecule has 1 aliphatic heterocycles. The summed E-state index contributed by atoms with van der Waals surface area (Å²) >= 11 is 0. The maximum atomic E-state index is 12.5. The van der Waals surface area contributed by atoms with Gasteiger partial charge in [0.15, 0.2) is 0 Å². The van der Waals surface area contributed by atoms with Crippen LogP contribution in [0.4, 0.5) is 11.4 Å². The number of aromatic nitrogens is 1. The predicted molar refractivity (Wildman–Crippen MR) is 138 cm³/mol. The van der Waals surface area contributed by atoms with Crippen molar-refractivity contribution in [2.24, 2.45) is 0 Å². The summed E-state index contributed by atoms with van der Waals surface area (Å²) in [5, 5.41) is 2.99. The van der Waals surface area contributed by atoms with E-state index in [0.717, 1.165) is 61.0 Å². The van der Waals surface area contributed by atoms with E-state index in [-0.39, 0.29) is 5.91 Å². The fraction of sp³-hybridized carbons (Fsp3) is 0.286. The van der Waals surface area contributed by atoms with Gasteiger partial charge in [0.2, 0.25) is 5.91 Å². The standard InChI is InChI=1S/C28H32N4O2/c1-3-31-16-18-32(19-17-31)25-10-13-27(22(2)20-25)30-28(33)14-9-23-7-11-26(12-8-23)34-21-24-6-4-5-15-29-24/h4-15,20H,3,16-19,21H2,1-2H3,(H,30,33)/b14-9+. The number of ether oxygens (including phenoxy) is 1. The van der Waals surface area contributed by atoms with Crippen molar-refractivity contribution in [3.63, 3.8) is 0 Å². The van der Waals surface area contributed by atoms with Crippen molar-refractivity contribution in [2.45, 2.75) is 20.5 Å². The highest BCUT2D eigenvalue weighted by Gasteiger charge is 2.16. The number of amides is 1. The van der Waals surface area contributed by atoms with Crippen LogP contribution in [0.15, 0.2) is 72.9 Å². The zero-order valence-electron chi connectivity index (χ0n) is 19.9. The lowest BCUT2D eigenvalue weighted by Gasteiger charge is -2.35. The third kappa shape index (κ3) is 6.45. The minimum Gasteiger partial charge on any atom is -0.487 e. The van der Waals surface area contributed by atoms with E-state index in [1.165, 1.54) is 5.69 Å². The molecule has 6 heteroatoms. The minimum atomic E-state index is -0.150. The fourth-order valence-corrected chi connectivity index (χ4v) is 3.97. The van der Waals surface area contributed by atoms with Crippen LogP contribution >= 0.6 is 0 Å². The number of hydrogen-bond acceptors (Lipinski definition) is 5. The monoisotopic (exact) mass is 456 g/mol. The van der Waals surface area contributed by atoms with Crippen molar-refractivity contribution in [2.75, 3.05) is 42.9 Å². The third-order valence-corrected chi connectivity index (χ3v) is 6.07. The number of carbonyl (C=O) groups excluding carboxylic acids is 1. The van der Waals surface area contributed by atoms with E-state index in [1.54, 1.807) is 18.3 Å². The number of carbonyl (C=O) groups is 1. The molecule has 0 bridgehead atoms. The van der Waals surface area contributed by atoms with Crippen LogP contribution in [0, 0.1) is 6.92 Å². The zero-order chi connectivity index (χ0) is 23.8. The normalized spacial score (nSPS) is 14.4. The number of pyridine rings is 1. The van der Waals surface area contributed by atoms with Gasteiger partial charge in [0.05, 0.1) is 5.69 Å². The maximum absolute atomic E-state index is 12.5. The average molecular weight is 457 g/mol. The second-order valence-corrected chi connectivity index (χ2v) is 8.42. The molecule has 34 heavy (non-hydrogen) atoms. The Morgan fingerprint density at radius 3 is 2.53 bits per heavy atom. The van der Waals surface area contributed by atoms with Crippen molar-refractivity contribution in [1.82, 2.24) is 9.88 Å². The van der Waals surface area contributed by atoms with Gasteiger partial charge in [-0.25, -0.2) is 0 Å². The lowest BCUT2D eigenvalue weighted by molar-refractivity contribution is -0.111. The van der Waals surface area contributed by atoms with Crippen LogP contribution in [0.3, 0.4) is 0 Å². The highest BCUT2D eigenvalue weighted by molar-refractivity contribution is 6.02. The van der Waals surface area contributed by atoms with Crippen LogP contribution in [0.5, 0.6) is 5.75 Å². The third-order valence-electron chi connectivity index (χ3n) is 6.07. The van der Waals surface area contributed by atoms with Gasteiger partial charge in [-0.1, -0.05) is 25.1 Å². The number of nitrogens with one attached hydrogen (secondary N) is 1. The summed E-state index contributed by atoms with van der Waals surface area (Å²) in [6.45, 7) is 10.0. The smallest absolute Gasteiger partial charge is 0.248 e. The SMILES string of the molecule is CCN1CCN(c2ccc(NC(=O)/C=C/c3ccc(OCc4ccccn4)cc3)c(C)c2)CC1. The van der Waals surface area contributed by atoms with E-state index in [2.05, 4.69) is 39.2 Å². The Morgan fingerprint density at radius 2 is 1.85 bits per heavy atom. The molecule has 0 radical (unpaired) electrons. The quantitative estimate of drug-likeness (QED) is 0.495. The Kier molecular flexibility index (Phi) is 7.94. The van der Waals surface area contributed by atoms with Crippen LogP contribution < -0.4 is 15.0 Å². The van der Waals surface area contributed by atoms with Gasteiger partial charge in [0.1, 0.15) is 12.4 Å². The number of hydrogen-bond donors (Lipinski definition) is 1. The molecule has 176 valence electrons. The van der Waals surface area contributed by atoms with Crippen LogP contribution in [-0.4, -0.2) is 48.5 Å². The molecule has 0 aliphatic carbocycles. The Hall–Kier alpha value is -3.64. The number of piperazine rings is 1. The van der Waals surface area contributed by atoms with Gasteiger partial charge < -0.3 is 19.9 Å². The van der Waals surface area contributed by atoms with Crippen LogP contribution in [0.25, 0.3) is 6.08 Å². The van der Waals surface area contributed by atoms with Crippen LogP contribution in [0.1, 0.15) is 23.7 Å². The maximum Gasteiger partial charge on any atom is 0.248 e. The van der Waals surface area contributed by atoms with Gasteiger partial charge in [-0.05, 0) is 73.1 Å². The summed E-state index contributed by atoms with van der Waals surface area (Å²) in [7, 11) is 0. The summed E-state index contributed by atoms with van der Waals surface area (Å²) in [4.78, 5) is 21.6. The van der Waals surface area contributed by atoms with Gasteiger partial charge in [0, 0.05) is 49.8 Å². The molecule has 2 heterocycles. The fourth-order valence-electron chi connectivity index (χ4n) is 3.97. The predicted octanol–water partition coefficient (Wildman–Crippen LogP) is 4.76. The Balaban J connectivity index is 1.28. The molecule has 0 spiro atoms. The van der Waals surface area contributed by atoms with Crippen LogP contribution in [0.2, 0.25) is 0 Å². The molecule has 4 rings (SSSR count). The summed E-state index contributed by atoms with van der Waals surface area (Å²) in [6, 6.07) is 19.6. The van der Waals surface area contributed by atoms with E-state index in [4.69, 9.17) is 4.74 Å². The topological polar surface area (TPSA) is 57.7 Å². The summed E-state index contributed by atoms with van der Waals surface area (Å²) in [5.41, 5.74) is 4.92. The van der Waals surface area contributed by atoms with E-state index in [9.17, 15) is 4.79 Å². The van der Waals surface area contributed by atoms with Gasteiger partial charge in [-0.15, -0.1) is 0 Å². The van der Waals surface area contributed by atoms with Crippen molar-refractivity contribution in [3.05, 3.63) is 89.8 Å². The first-order valence-electron chi connectivity index (χ1n) is 11.8. The lowest BCUT2D eigenvalue weighted by atomic mass is 10.1. The number of likely N-dealkylation sites (N-methyl/N-ethyl adjacent to an activating group) is 1. The van der Waals surface area contributed by atoms with Crippen molar-refractivity contribution in [1.29, 1.82) is 0 Å². The van der Waals surface area contributed by atoms with Crippen molar-refractivity contribution < 1.29 is 9.53 Å². The van der Waals surface area contributed by atoms with E-state index >= 15 is 0 Å². The van der Waals surface area contributed by atoms with Crippen molar-refractivity contribution in [3.8, 4) is 5.75 Å². The highest BCUT2D eigenvalue weighted by atomic mass is 16.5. The highest BCUT2D eigenvalue weighted by Crippen LogP contribution is 2.24. The van der Waals surface area contributed by atoms with Gasteiger partial charge in [-0.3, -0.25) is 9.78 Å². The number of anilines is 2. The summed E-state index contributed by atoms with van der Waals surface area (Å²) < 4.78 is 5.76. The molecule has 1 aromatic heterocycles. The number of aryl methyl sites for hydroxylation is 1.